The smallest absolute Gasteiger partial charge is 0.114 e. The van der Waals surface area contributed by atoms with Crippen molar-refractivity contribution >= 4 is 22.5 Å². The summed E-state index contributed by atoms with van der Waals surface area (Å²) in [7, 11) is 2.16. The second kappa shape index (κ2) is 6.79. The highest BCUT2D eigenvalue weighted by atomic mass is 35.5. The Morgan fingerprint density at radius 2 is 2.04 bits per heavy atom. The van der Waals surface area contributed by atoms with Crippen LogP contribution in [0.5, 0.6) is 0 Å². The fourth-order valence-electron chi connectivity index (χ4n) is 3.77. The quantitative estimate of drug-likeness (QED) is 0.782. The van der Waals surface area contributed by atoms with E-state index in [0.29, 0.717) is 12.2 Å². The van der Waals surface area contributed by atoms with Crippen molar-refractivity contribution in [3.8, 4) is 0 Å². The number of aliphatic hydroxyl groups excluding tert-OH is 1. The van der Waals surface area contributed by atoms with Gasteiger partial charge in [-0.05, 0) is 49.4 Å². The molecule has 1 N–H and O–H groups in total. The molecule has 0 fully saturated rings. The first kappa shape index (κ1) is 16.6. The van der Waals surface area contributed by atoms with E-state index in [1.807, 2.05) is 24.3 Å². The Bertz CT molecular complexity index is 891. The van der Waals surface area contributed by atoms with Gasteiger partial charge in [0.25, 0.3) is 0 Å². The van der Waals surface area contributed by atoms with E-state index in [1.165, 1.54) is 16.6 Å². The summed E-state index contributed by atoms with van der Waals surface area (Å²) in [6.45, 7) is 2.58. The molecule has 3 aromatic rings. The van der Waals surface area contributed by atoms with Crippen LogP contribution in [0.4, 0.5) is 0 Å². The van der Waals surface area contributed by atoms with E-state index in [9.17, 15) is 5.11 Å². The number of nitrogens with zero attached hydrogens (tertiary/aromatic N) is 3. The summed E-state index contributed by atoms with van der Waals surface area (Å²) in [6, 6.07) is 11.7. The van der Waals surface area contributed by atoms with Gasteiger partial charge in [0.2, 0.25) is 0 Å². The molecule has 1 aliphatic rings. The summed E-state index contributed by atoms with van der Waals surface area (Å²) >= 11 is 6.26. The first-order valence-corrected chi connectivity index (χ1v) is 9.08. The van der Waals surface area contributed by atoms with Crippen molar-refractivity contribution in [3.63, 3.8) is 0 Å². The van der Waals surface area contributed by atoms with Crippen LogP contribution in [-0.4, -0.2) is 39.7 Å². The molecule has 25 heavy (non-hydrogen) atoms. The summed E-state index contributed by atoms with van der Waals surface area (Å²) in [4.78, 5) is 6.66. The van der Waals surface area contributed by atoms with Crippen LogP contribution < -0.4 is 0 Å². The minimum absolute atomic E-state index is 0.508. The average Bonchev–Trinajstić information content (AvgIpc) is 2.76. The molecule has 0 bridgehead atoms. The van der Waals surface area contributed by atoms with Crippen LogP contribution in [0.25, 0.3) is 10.9 Å². The zero-order valence-corrected chi connectivity index (χ0v) is 15.1. The van der Waals surface area contributed by atoms with Gasteiger partial charge in [0, 0.05) is 47.3 Å². The molecule has 0 amide bonds. The van der Waals surface area contributed by atoms with Gasteiger partial charge in [-0.3, -0.25) is 4.98 Å². The van der Waals surface area contributed by atoms with E-state index in [2.05, 4.69) is 33.6 Å². The van der Waals surface area contributed by atoms with Crippen molar-refractivity contribution in [1.82, 2.24) is 14.5 Å². The molecule has 0 saturated heterocycles. The zero-order valence-electron chi connectivity index (χ0n) is 14.3. The number of pyridine rings is 1. The predicted molar refractivity (Wildman–Crippen MR) is 101 cm³/mol. The topological polar surface area (TPSA) is 41.3 Å². The van der Waals surface area contributed by atoms with Crippen LogP contribution in [0.3, 0.4) is 0 Å². The molecule has 5 heteroatoms. The van der Waals surface area contributed by atoms with Crippen LogP contribution in [0.1, 0.15) is 23.1 Å². The van der Waals surface area contributed by atoms with Gasteiger partial charge >= 0.3 is 0 Å². The van der Waals surface area contributed by atoms with Crippen LogP contribution in [-0.2, 0) is 19.4 Å². The van der Waals surface area contributed by atoms with Crippen molar-refractivity contribution in [3.05, 3.63) is 64.6 Å². The third kappa shape index (κ3) is 3.17. The highest BCUT2D eigenvalue weighted by Gasteiger charge is 2.22. The van der Waals surface area contributed by atoms with Gasteiger partial charge in [0.15, 0.2) is 0 Å². The van der Waals surface area contributed by atoms with Gasteiger partial charge in [-0.25, -0.2) is 0 Å². The van der Waals surface area contributed by atoms with Crippen molar-refractivity contribution in [1.29, 1.82) is 0 Å². The maximum absolute atomic E-state index is 10.7. The zero-order chi connectivity index (χ0) is 17.4. The highest BCUT2D eigenvalue weighted by molar-refractivity contribution is 6.31. The number of likely N-dealkylation sites (N-methyl/N-ethyl adjacent to an activating group) is 1. The Balaban J connectivity index is 1.80. The van der Waals surface area contributed by atoms with E-state index in [-0.39, 0.29) is 0 Å². The molecule has 0 saturated carbocycles. The minimum Gasteiger partial charge on any atom is -0.385 e. The molecule has 1 aliphatic heterocycles. The summed E-state index contributed by atoms with van der Waals surface area (Å²) in [5, 5.41) is 12.7. The fraction of sp³-hybridized carbons (Fsp3) is 0.350. The van der Waals surface area contributed by atoms with Gasteiger partial charge < -0.3 is 14.6 Å². The van der Waals surface area contributed by atoms with Crippen molar-refractivity contribution < 1.29 is 5.11 Å². The van der Waals surface area contributed by atoms with Crippen molar-refractivity contribution in [2.45, 2.75) is 25.5 Å². The Labute approximate surface area is 152 Å². The maximum atomic E-state index is 10.7. The summed E-state index contributed by atoms with van der Waals surface area (Å²) in [6.07, 6.45) is 3.09. The van der Waals surface area contributed by atoms with Crippen molar-refractivity contribution in [2.75, 3.05) is 20.1 Å². The molecule has 2 aromatic heterocycles. The maximum Gasteiger partial charge on any atom is 0.114 e. The van der Waals surface area contributed by atoms with Gasteiger partial charge in [0.1, 0.15) is 6.10 Å². The Kier molecular flexibility index (Phi) is 4.50. The molecule has 1 atom stereocenters. The Morgan fingerprint density at radius 3 is 2.84 bits per heavy atom. The van der Waals surface area contributed by atoms with Crippen LogP contribution in [0.15, 0.2) is 42.6 Å². The number of fused-ring (bicyclic) bond motifs is 3. The first-order chi connectivity index (χ1) is 12.1. The molecule has 1 unspecified atom stereocenters. The molecule has 0 aliphatic carbocycles. The van der Waals surface area contributed by atoms with Crippen LogP contribution >= 0.6 is 11.6 Å². The lowest BCUT2D eigenvalue weighted by atomic mass is 10.1. The van der Waals surface area contributed by atoms with Gasteiger partial charge in [-0.15, -0.1) is 0 Å². The number of halogens is 1. The molecular formula is C20H22ClN3O. The number of rotatable bonds is 3. The summed E-state index contributed by atoms with van der Waals surface area (Å²) < 4.78 is 2.26. The van der Waals surface area contributed by atoms with E-state index in [0.717, 1.165) is 36.5 Å². The highest BCUT2D eigenvalue weighted by Crippen LogP contribution is 2.32. The molecule has 0 radical (unpaired) electrons. The number of aliphatic hydroxyl groups is 1. The summed E-state index contributed by atoms with van der Waals surface area (Å²) in [5.74, 6) is 0. The predicted octanol–water partition coefficient (Wildman–Crippen LogP) is 3.45. The standard InChI is InChI=1S/C20H22ClN3O/c1-23-10-7-15-16-12-14(21)5-6-18(16)24(19(15)8-11-23)13-20(25)17-4-2-3-9-22-17/h2-6,9,12,20,25H,7-8,10-11,13H2,1H3. The SMILES string of the molecule is CN1CCc2c(n(CC(O)c3ccccn3)c3ccc(Cl)cc23)CC1. The largest absolute Gasteiger partial charge is 0.385 e. The van der Waals surface area contributed by atoms with E-state index in [1.54, 1.807) is 6.20 Å². The molecule has 3 heterocycles. The van der Waals surface area contributed by atoms with E-state index >= 15 is 0 Å². The molecule has 4 nitrogen and oxygen atoms in total. The minimum atomic E-state index is -0.627. The van der Waals surface area contributed by atoms with Gasteiger partial charge in [-0.2, -0.15) is 0 Å². The lowest BCUT2D eigenvalue weighted by molar-refractivity contribution is 0.152. The summed E-state index contributed by atoms with van der Waals surface area (Å²) in [5.41, 5.74) is 4.54. The normalized spacial score (nSPS) is 16.6. The third-order valence-electron chi connectivity index (χ3n) is 5.11. The molecular weight excluding hydrogens is 334 g/mol. The van der Waals surface area contributed by atoms with Crippen molar-refractivity contribution in [2.24, 2.45) is 0 Å². The Hall–Kier alpha value is -1.88. The number of hydrogen-bond acceptors (Lipinski definition) is 3. The van der Waals surface area contributed by atoms with Gasteiger partial charge in [0.05, 0.1) is 12.2 Å². The monoisotopic (exact) mass is 355 g/mol. The number of benzene rings is 1. The Morgan fingerprint density at radius 1 is 1.20 bits per heavy atom. The number of aromatic nitrogens is 2. The van der Waals surface area contributed by atoms with E-state index in [4.69, 9.17) is 11.6 Å². The lowest BCUT2D eigenvalue weighted by Gasteiger charge is -2.17. The first-order valence-electron chi connectivity index (χ1n) is 8.70. The molecule has 0 spiro atoms. The second-order valence-electron chi connectivity index (χ2n) is 6.77. The average molecular weight is 356 g/mol. The number of hydrogen-bond donors (Lipinski definition) is 1. The second-order valence-corrected chi connectivity index (χ2v) is 7.21. The third-order valence-corrected chi connectivity index (χ3v) is 5.34. The molecule has 4 rings (SSSR count). The molecule has 1 aromatic carbocycles. The molecule has 130 valence electrons. The van der Waals surface area contributed by atoms with E-state index < -0.39 is 6.10 Å². The fourth-order valence-corrected chi connectivity index (χ4v) is 3.95. The lowest BCUT2D eigenvalue weighted by Crippen LogP contribution is -2.21. The van der Waals surface area contributed by atoms with Crippen LogP contribution in [0, 0.1) is 0 Å². The van der Waals surface area contributed by atoms with Gasteiger partial charge in [-0.1, -0.05) is 17.7 Å². The van der Waals surface area contributed by atoms with Crippen LogP contribution in [0.2, 0.25) is 5.02 Å².